The molecule has 4 N–H and O–H groups in total. The summed E-state index contributed by atoms with van der Waals surface area (Å²) in [6, 6.07) is 18.7. The molecule has 1 aliphatic rings. The first kappa shape index (κ1) is 30.6. The van der Waals surface area contributed by atoms with Gasteiger partial charge in [-0.25, -0.2) is 0 Å². The van der Waals surface area contributed by atoms with Crippen molar-refractivity contribution >= 4 is 17.3 Å². The molecule has 0 aromatic heterocycles. The Morgan fingerprint density at radius 3 is 1.81 bits per heavy atom. The molecule has 0 bridgehead atoms. The second-order valence-corrected chi connectivity index (χ2v) is 12.1. The van der Waals surface area contributed by atoms with Gasteiger partial charge in [0, 0.05) is 29.0 Å². The number of allylic oxidation sites excluding steroid dienone is 2. The number of benzene rings is 3. The predicted molar refractivity (Wildman–Crippen MR) is 160 cm³/mol. The van der Waals surface area contributed by atoms with E-state index in [9.17, 15) is 34.8 Å². The molecule has 7 nitrogen and oxygen atoms in total. The van der Waals surface area contributed by atoms with Gasteiger partial charge < -0.3 is 20.4 Å². The maximum Gasteiger partial charge on any atom is 0.175 e. The van der Waals surface area contributed by atoms with Crippen molar-refractivity contribution in [2.24, 2.45) is 10.8 Å². The third-order valence-electron chi connectivity index (χ3n) is 8.51. The Labute approximate surface area is 246 Å². The van der Waals surface area contributed by atoms with Crippen LogP contribution < -0.4 is 0 Å². The average molecular weight is 571 g/mol. The summed E-state index contributed by atoms with van der Waals surface area (Å²) < 4.78 is 0. The zero-order valence-corrected chi connectivity index (χ0v) is 24.7. The van der Waals surface area contributed by atoms with E-state index in [0.717, 1.165) is 11.1 Å². The third-order valence-corrected chi connectivity index (χ3v) is 8.51. The summed E-state index contributed by atoms with van der Waals surface area (Å²) in [5.41, 5.74) is -1.70. The van der Waals surface area contributed by atoms with E-state index in [1.165, 1.54) is 34.6 Å². The second kappa shape index (κ2) is 11.5. The molecule has 0 amide bonds. The van der Waals surface area contributed by atoms with E-state index in [1.54, 1.807) is 0 Å². The number of hydrogen-bond donors (Lipinski definition) is 4. The number of aliphatic hydroxyl groups excluding tert-OH is 1. The highest BCUT2D eigenvalue weighted by molar-refractivity contribution is 6.19. The minimum absolute atomic E-state index is 0.0229. The highest BCUT2D eigenvalue weighted by Crippen LogP contribution is 2.53. The molecular weight excluding hydrogens is 532 g/mol. The van der Waals surface area contributed by atoms with Gasteiger partial charge in [-0.05, 0) is 65.0 Å². The Kier molecular flexibility index (Phi) is 8.35. The molecule has 1 aliphatic carbocycles. The van der Waals surface area contributed by atoms with Crippen LogP contribution in [0.2, 0.25) is 0 Å². The Hall–Kier alpha value is -4.39. The highest BCUT2D eigenvalue weighted by Gasteiger charge is 2.55. The lowest BCUT2D eigenvalue weighted by atomic mass is 9.60. The van der Waals surface area contributed by atoms with Crippen LogP contribution in [0.5, 0.6) is 17.2 Å². The number of rotatable bonds is 9. The van der Waals surface area contributed by atoms with Gasteiger partial charge >= 0.3 is 0 Å². The molecule has 3 aromatic rings. The maximum absolute atomic E-state index is 13.9. The minimum Gasteiger partial charge on any atom is -0.511 e. The van der Waals surface area contributed by atoms with Crippen LogP contribution in [0.1, 0.15) is 79.1 Å². The zero-order valence-electron chi connectivity index (χ0n) is 24.7. The number of phenolic OH excluding ortho intramolecular Hbond substituents is 3. The van der Waals surface area contributed by atoms with Gasteiger partial charge in [-0.15, -0.1) is 0 Å². The summed E-state index contributed by atoms with van der Waals surface area (Å²) >= 11 is 0. The van der Waals surface area contributed by atoms with Crippen molar-refractivity contribution < 1.29 is 34.8 Å². The highest BCUT2D eigenvalue weighted by atomic mass is 16.3. The smallest absolute Gasteiger partial charge is 0.175 e. The quantitative estimate of drug-likeness (QED) is 0.167. The van der Waals surface area contributed by atoms with Crippen LogP contribution in [0, 0.1) is 17.8 Å². The SMILES string of the molecule is Cc1c(O)c(C(=O)CCc2ccccc2)c(O)c([C@@H](CCc2ccccc2)C2=C(O)C(C)(C)C(=O)C(C)(C)C2=O)c1O. The summed E-state index contributed by atoms with van der Waals surface area (Å²) in [5, 5.41) is 45.3. The van der Waals surface area contributed by atoms with Crippen molar-refractivity contribution in [3.8, 4) is 17.2 Å². The molecule has 0 radical (unpaired) electrons. The van der Waals surface area contributed by atoms with E-state index in [2.05, 4.69) is 0 Å². The zero-order chi connectivity index (χ0) is 31.0. The molecule has 0 aliphatic heterocycles. The summed E-state index contributed by atoms with van der Waals surface area (Å²) in [7, 11) is 0. The summed E-state index contributed by atoms with van der Waals surface area (Å²) in [4.78, 5) is 40.6. The lowest BCUT2D eigenvalue weighted by molar-refractivity contribution is -0.144. The van der Waals surface area contributed by atoms with E-state index < -0.39 is 57.1 Å². The molecule has 42 heavy (non-hydrogen) atoms. The standard InChI is InChI=1S/C35H38O7/c1-20-28(37)25(30(39)27(29(20)38)24(36)19-17-22-14-10-7-11-15-22)23(18-16-21-12-8-6-9-13-21)26-31(40)34(2,3)33(42)35(4,5)32(26)41/h6-15,23,37-40H,16-19H2,1-5H3/t23-/m1/s1. The first-order chi connectivity index (χ1) is 19.7. The van der Waals surface area contributed by atoms with Gasteiger partial charge in [0.25, 0.3) is 0 Å². The Morgan fingerprint density at radius 2 is 1.26 bits per heavy atom. The third kappa shape index (κ3) is 5.31. The fourth-order valence-corrected chi connectivity index (χ4v) is 5.97. The van der Waals surface area contributed by atoms with Crippen LogP contribution in [0.25, 0.3) is 0 Å². The fraction of sp³-hybridized carbons (Fsp3) is 0.343. The number of aryl methyl sites for hydroxylation is 2. The largest absolute Gasteiger partial charge is 0.511 e. The Bertz CT molecular complexity index is 1560. The molecule has 3 aromatic carbocycles. The van der Waals surface area contributed by atoms with Crippen LogP contribution in [-0.4, -0.2) is 37.8 Å². The molecule has 7 heteroatoms. The van der Waals surface area contributed by atoms with Gasteiger partial charge in [-0.2, -0.15) is 0 Å². The van der Waals surface area contributed by atoms with Crippen molar-refractivity contribution in [2.45, 2.75) is 66.2 Å². The molecule has 4 rings (SSSR count). The number of ketones is 3. The predicted octanol–water partition coefficient (Wildman–Crippen LogP) is 6.66. The lowest BCUT2D eigenvalue weighted by Crippen LogP contribution is -2.49. The van der Waals surface area contributed by atoms with Crippen LogP contribution >= 0.6 is 0 Å². The summed E-state index contributed by atoms with van der Waals surface area (Å²) in [6.45, 7) is 7.49. The minimum atomic E-state index is -1.48. The van der Waals surface area contributed by atoms with Crippen molar-refractivity contribution in [1.82, 2.24) is 0 Å². The monoisotopic (exact) mass is 570 g/mol. The Balaban J connectivity index is 1.91. The second-order valence-electron chi connectivity index (χ2n) is 12.1. The first-order valence-corrected chi connectivity index (χ1v) is 14.1. The van der Waals surface area contributed by atoms with Gasteiger partial charge in [0.2, 0.25) is 0 Å². The van der Waals surface area contributed by atoms with E-state index in [0.29, 0.717) is 12.8 Å². The molecule has 0 spiro atoms. The average Bonchev–Trinajstić information content (AvgIpc) is 2.97. The number of hydrogen-bond acceptors (Lipinski definition) is 7. The number of aliphatic hydroxyl groups is 1. The van der Waals surface area contributed by atoms with Gasteiger partial charge in [0.15, 0.2) is 17.3 Å². The molecular formula is C35H38O7. The van der Waals surface area contributed by atoms with Gasteiger partial charge in [-0.3, -0.25) is 14.4 Å². The van der Waals surface area contributed by atoms with Gasteiger partial charge in [-0.1, -0.05) is 60.7 Å². The number of Topliss-reactive ketones (excluding diaryl/α,β-unsaturated/α-hetero) is 3. The maximum atomic E-state index is 13.9. The van der Waals surface area contributed by atoms with E-state index >= 15 is 0 Å². The summed E-state index contributed by atoms with van der Waals surface area (Å²) in [6.07, 6.45) is 0.879. The van der Waals surface area contributed by atoms with Crippen LogP contribution in [0.3, 0.4) is 0 Å². The molecule has 1 atom stereocenters. The molecule has 0 saturated carbocycles. The normalized spacial score (nSPS) is 16.9. The number of carbonyl (C=O) groups is 3. The fourth-order valence-electron chi connectivity index (χ4n) is 5.97. The van der Waals surface area contributed by atoms with Crippen molar-refractivity contribution in [3.05, 3.63) is 99.8 Å². The van der Waals surface area contributed by atoms with Crippen LogP contribution in [-0.2, 0) is 22.4 Å². The number of carbonyl (C=O) groups excluding carboxylic acids is 3. The molecule has 0 saturated heterocycles. The number of aromatic hydroxyl groups is 3. The Morgan fingerprint density at radius 1 is 0.738 bits per heavy atom. The number of phenols is 3. The van der Waals surface area contributed by atoms with Crippen molar-refractivity contribution in [3.63, 3.8) is 0 Å². The topological polar surface area (TPSA) is 132 Å². The van der Waals surface area contributed by atoms with E-state index in [4.69, 9.17) is 0 Å². The van der Waals surface area contributed by atoms with E-state index in [1.807, 2.05) is 60.7 Å². The molecule has 0 heterocycles. The molecule has 0 fully saturated rings. The van der Waals surface area contributed by atoms with Crippen molar-refractivity contribution in [2.75, 3.05) is 0 Å². The molecule has 220 valence electrons. The first-order valence-electron chi connectivity index (χ1n) is 14.1. The summed E-state index contributed by atoms with van der Waals surface area (Å²) in [5.74, 6) is -4.81. The van der Waals surface area contributed by atoms with Crippen molar-refractivity contribution in [1.29, 1.82) is 0 Å². The van der Waals surface area contributed by atoms with Crippen LogP contribution in [0.15, 0.2) is 72.0 Å². The van der Waals surface area contributed by atoms with Gasteiger partial charge in [0.05, 0.1) is 10.8 Å². The van der Waals surface area contributed by atoms with E-state index in [-0.39, 0.29) is 35.1 Å². The van der Waals surface area contributed by atoms with Crippen LogP contribution in [0.4, 0.5) is 0 Å². The van der Waals surface area contributed by atoms with Gasteiger partial charge in [0.1, 0.15) is 28.6 Å². The lowest BCUT2D eigenvalue weighted by Gasteiger charge is -2.40. The molecule has 0 unspecified atom stereocenters.